The number of benzene rings is 1. The van der Waals surface area contributed by atoms with Crippen LogP contribution in [-0.2, 0) is 9.53 Å². The van der Waals surface area contributed by atoms with Crippen molar-refractivity contribution in [3.05, 3.63) is 41.1 Å². The molecular formula is C19H24F2N2O4. The van der Waals surface area contributed by atoms with Gasteiger partial charge in [-0.2, -0.15) is 8.78 Å². The molecule has 0 aromatic heterocycles. The van der Waals surface area contributed by atoms with E-state index in [9.17, 15) is 18.4 Å². The molecule has 1 aliphatic rings. The summed E-state index contributed by atoms with van der Waals surface area (Å²) in [6.07, 6.45) is 0. The molecule has 2 rings (SSSR count). The first-order valence-corrected chi connectivity index (χ1v) is 8.75. The summed E-state index contributed by atoms with van der Waals surface area (Å²) in [6.45, 7) is 4.74. The second-order valence-electron chi connectivity index (χ2n) is 6.52. The summed E-state index contributed by atoms with van der Waals surface area (Å²) in [7, 11) is 0. The molecule has 0 aliphatic carbocycles. The molecule has 8 heteroatoms. The number of hydrogen-bond acceptors (Lipinski definition) is 4. The highest BCUT2D eigenvalue weighted by Gasteiger charge is 2.38. The molecule has 1 N–H and O–H groups in total. The lowest BCUT2D eigenvalue weighted by Gasteiger charge is -2.36. The Bertz CT molecular complexity index is 734. The van der Waals surface area contributed by atoms with Crippen LogP contribution >= 0.6 is 0 Å². The standard InChI is InChI=1S/C19H24F2N2O4/c1-5-26-17(24)15-12(4)23(10-11(2)3)19(25)22-16(15)13-8-6-7-9-14(13)27-18(20)21/h6-9,11,16,18H,5,10H2,1-4H3,(H,22,25)/t16-/m1/s1. The smallest absolute Gasteiger partial charge is 0.387 e. The summed E-state index contributed by atoms with van der Waals surface area (Å²) < 4.78 is 35.3. The number of amides is 2. The second kappa shape index (κ2) is 8.83. The van der Waals surface area contributed by atoms with Crippen molar-refractivity contribution < 1.29 is 27.8 Å². The van der Waals surface area contributed by atoms with E-state index in [1.165, 1.54) is 23.1 Å². The topological polar surface area (TPSA) is 67.9 Å². The molecule has 0 saturated carbocycles. The Morgan fingerprint density at radius 3 is 2.56 bits per heavy atom. The zero-order valence-corrected chi connectivity index (χ0v) is 15.8. The molecule has 0 saturated heterocycles. The minimum Gasteiger partial charge on any atom is -0.463 e. The van der Waals surface area contributed by atoms with Crippen molar-refractivity contribution in [3.8, 4) is 5.75 Å². The first-order chi connectivity index (χ1) is 12.8. The molecule has 0 radical (unpaired) electrons. The maximum absolute atomic E-state index is 12.8. The third kappa shape index (κ3) is 4.75. The molecular weight excluding hydrogens is 358 g/mol. The van der Waals surface area contributed by atoms with Crippen molar-refractivity contribution in [2.75, 3.05) is 13.2 Å². The van der Waals surface area contributed by atoms with Crippen molar-refractivity contribution in [2.45, 2.75) is 40.3 Å². The van der Waals surface area contributed by atoms with Crippen LogP contribution in [0.25, 0.3) is 0 Å². The molecule has 2 amide bonds. The van der Waals surface area contributed by atoms with Gasteiger partial charge in [0.1, 0.15) is 5.75 Å². The molecule has 1 atom stereocenters. The average molecular weight is 382 g/mol. The largest absolute Gasteiger partial charge is 0.463 e. The van der Waals surface area contributed by atoms with E-state index in [1.807, 2.05) is 13.8 Å². The van der Waals surface area contributed by atoms with Gasteiger partial charge in [-0.05, 0) is 25.8 Å². The van der Waals surface area contributed by atoms with E-state index < -0.39 is 24.7 Å². The molecule has 1 aliphatic heterocycles. The van der Waals surface area contributed by atoms with Crippen LogP contribution < -0.4 is 10.1 Å². The Hall–Kier alpha value is -2.64. The maximum Gasteiger partial charge on any atom is 0.387 e. The second-order valence-corrected chi connectivity index (χ2v) is 6.52. The van der Waals surface area contributed by atoms with Crippen molar-refractivity contribution in [1.29, 1.82) is 0 Å². The Kier molecular flexibility index (Phi) is 6.76. The van der Waals surface area contributed by atoms with Gasteiger partial charge in [0.2, 0.25) is 0 Å². The highest BCUT2D eigenvalue weighted by molar-refractivity contribution is 5.95. The number of hydrogen-bond donors (Lipinski definition) is 1. The van der Waals surface area contributed by atoms with Crippen LogP contribution in [0.3, 0.4) is 0 Å². The van der Waals surface area contributed by atoms with Crippen molar-refractivity contribution in [1.82, 2.24) is 10.2 Å². The number of ether oxygens (including phenoxy) is 2. The Morgan fingerprint density at radius 1 is 1.30 bits per heavy atom. The number of esters is 1. The van der Waals surface area contributed by atoms with E-state index in [0.717, 1.165) is 0 Å². The van der Waals surface area contributed by atoms with Gasteiger partial charge in [-0.25, -0.2) is 9.59 Å². The third-order valence-electron chi connectivity index (χ3n) is 4.09. The molecule has 0 bridgehead atoms. The number of nitrogens with zero attached hydrogens (tertiary/aromatic N) is 1. The third-order valence-corrected chi connectivity index (χ3v) is 4.09. The van der Waals surface area contributed by atoms with Crippen LogP contribution in [0.5, 0.6) is 5.75 Å². The van der Waals surface area contributed by atoms with Gasteiger partial charge < -0.3 is 14.8 Å². The summed E-state index contributed by atoms with van der Waals surface area (Å²) in [5.74, 6) is -0.550. The lowest BCUT2D eigenvalue weighted by atomic mass is 9.94. The number of para-hydroxylation sites is 1. The summed E-state index contributed by atoms with van der Waals surface area (Å²) in [5.41, 5.74) is 0.892. The first kappa shape index (κ1) is 20.7. The SMILES string of the molecule is CCOC(=O)C1=C(C)N(CC(C)C)C(=O)N[C@@H]1c1ccccc1OC(F)F. The van der Waals surface area contributed by atoms with Crippen LogP contribution in [0.4, 0.5) is 13.6 Å². The quantitative estimate of drug-likeness (QED) is 0.728. The van der Waals surface area contributed by atoms with Crippen molar-refractivity contribution >= 4 is 12.0 Å². The maximum atomic E-state index is 12.8. The monoisotopic (exact) mass is 382 g/mol. The molecule has 1 heterocycles. The number of allylic oxidation sites excluding steroid dienone is 1. The predicted octanol–water partition coefficient (Wildman–Crippen LogP) is 3.85. The van der Waals surface area contributed by atoms with Crippen molar-refractivity contribution in [3.63, 3.8) is 0 Å². The fourth-order valence-corrected chi connectivity index (χ4v) is 3.00. The van der Waals surface area contributed by atoms with Crippen LogP contribution in [0.2, 0.25) is 0 Å². The van der Waals surface area contributed by atoms with Gasteiger partial charge in [-0.3, -0.25) is 4.90 Å². The molecule has 0 fully saturated rings. The number of halogens is 2. The number of carbonyl (C=O) groups excluding carboxylic acids is 2. The normalized spacial score (nSPS) is 17.4. The minimum absolute atomic E-state index is 0.107. The summed E-state index contributed by atoms with van der Waals surface area (Å²) >= 11 is 0. The number of carbonyl (C=O) groups is 2. The van der Waals surface area contributed by atoms with Crippen LogP contribution in [0, 0.1) is 5.92 Å². The number of nitrogens with one attached hydrogen (secondary N) is 1. The number of urea groups is 1. The van der Waals surface area contributed by atoms with E-state index in [-0.39, 0.29) is 29.4 Å². The van der Waals surface area contributed by atoms with Gasteiger partial charge in [-0.15, -0.1) is 0 Å². The molecule has 6 nitrogen and oxygen atoms in total. The zero-order chi connectivity index (χ0) is 20.1. The fourth-order valence-electron chi connectivity index (χ4n) is 3.00. The van der Waals surface area contributed by atoms with Crippen LogP contribution in [0.1, 0.15) is 39.3 Å². The van der Waals surface area contributed by atoms with Gasteiger partial charge in [0.05, 0.1) is 18.2 Å². The molecule has 148 valence electrons. The highest BCUT2D eigenvalue weighted by atomic mass is 19.3. The lowest BCUT2D eigenvalue weighted by Crippen LogP contribution is -2.49. The minimum atomic E-state index is -3.03. The van der Waals surface area contributed by atoms with E-state index in [0.29, 0.717) is 12.2 Å². The van der Waals surface area contributed by atoms with Gasteiger partial charge in [0.25, 0.3) is 0 Å². The van der Waals surface area contributed by atoms with E-state index >= 15 is 0 Å². The molecule has 0 spiro atoms. The lowest BCUT2D eigenvalue weighted by molar-refractivity contribution is -0.139. The van der Waals surface area contributed by atoms with E-state index in [2.05, 4.69) is 10.1 Å². The Morgan fingerprint density at radius 2 is 1.96 bits per heavy atom. The summed E-state index contributed by atoms with van der Waals surface area (Å²) in [5, 5.41) is 2.72. The fraction of sp³-hybridized carbons (Fsp3) is 0.474. The van der Waals surface area contributed by atoms with E-state index in [4.69, 9.17) is 4.74 Å². The average Bonchev–Trinajstić information content (AvgIpc) is 2.58. The molecule has 0 unspecified atom stereocenters. The summed E-state index contributed by atoms with van der Waals surface area (Å²) in [4.78, 5) is 26.7. The van der Waals surface area contributed by atoms with E-state index in [1.54, 1.807) is 19.9 Å². The van der Waals surface area contributed by atoms with Gasteiger partial charge >= 0.3 is 18.6 Å². The highest BCUT2D eigenvalue weighted by Crippen LogP contribution is 2.36. The Labute approximate surface area is 157 Å². The molecule has 1 aromatic rings. The number of alkyl halides is 2. The molecule has 1 aromatic carbocycles. The first-order valence-electron chi connectivity index (χ1n) is 8.75. The predicted molar refractivity (Wildman–Crippen MR) is 95.2 cm³/mol. The van der Waals surface area contributed by atoms with Gasteiger partial charge in [0, 0.05) is 17.8 Å². The van der Waals surface area contributed by atoms with Gasteiger partial charge in [-0.1, -0.05) is 32.0 Å². The Balaban J connectivity index is 2.56. The van der Waals surface area contributed by atoms with Crippen molar-refractivity contribution in [2.24, 2.45) is 5.92 Å². The summed E-state index contributed by atoms with van der Waals surface area (Å²) in [6, 6.07) is 4.70. The zero-order valence-electron chi connectivity index (χ0n) is 15.8. The number of rotatable bonds is 7. The van der Waals surface area contributed by atoms with Gasteiger partial charge in [0.15, 0.2) is 0 Å². The van der Waals surface area contributed by atoms with Crippen LogP contribution in [-0.4, -0.2) is 36.7 Å². The van der Waals surface area contributed by atoms with Crippen LogP contribution in [0.15, 0.2) is 35.5 Å². The molecule has 27 heavy (non-hydrogen) atoms.